The summed E-state index contributed by atoms with van der Waals surface area (Å²) in [4.78, 5) is 16.7. The van der Waals surface area contributed by atoms with Crippen LogP contribution in [-0.2, 0) is 6.42 Å². The molecule has 0 unspecified atom stereocenters. The zero-order chi connectivity index (χ0) is 20.8. The van der Waals surface area contributed by atoms with Gasteiger partial charge in [-0.25, -0.2) is 4.98 Å². The summed E-state index contributed by atoms with van der Waals surface area (Å²) in [6, 6.07) is 10.2. The Bertz CT molecular complexity index is 961. The fourth-order valence-electron chi connectivity index (χ4n) is 3.32. The first-order chi connectivity index (χ1) is 14.0. The molecule has 0 radical (unpaired) electrons. The Balaban J connectivity index is 1.90. The predicted molar refractivity (Wildman–Crippen MR) is 114 cm³/mol. The summed E-state index contributed by atoms with van der Waals surface area (Å²) < 4.78 is 11.1. The maximum atomic E-state index is 12.5. The molecule has 0 aliphatic heterocycles. The van der Waals surface area contributed by atoms with Crippen molar-refractivity contribution in [2.45, 2.75) is 40.0 Å². The van der Waals surface area contributed by atoms with Crippen molar-refractivity contribution < 1.29 is 13.9 Å². The lowest BCUT2D eigenvalue weighted by molar-refractivity contribution is 0.0958. The number of rotatable bonds is 8. The molecule has 0 bridgehead atoms. The van der Waals surface area contributed by atoms with Crippen molar-refractivity contribution >= 4 is 5.91 Å². The van der Waals surface area contributed by atoms with Crippen LogP contribution in [0.25, 0.3) is 11.3 Å². The minimum atomic E-state index is -0.123. The zero-order valence-electron chi connectivity index (χ0n) is 17.5. The van der Waals surface area contributed by atoms with Crippen molar-refractivity contribution in [3.05, 3.63) is 70.8 Å². The highest BCUT2D eigenvalue weighted by molar-refractivity contribution is 5.97. The van der Waals surface area contributed by atoms with E-state index in [1.807, 2.05) is 25.1 Å². The third-order valence-corrected chi connectivity index (χ3v) is 5.24. The predicted octanol–water partition coefficient (Wildman–Crippen LogP) is 5.09. The lowest BCUT2D eigenvalue weighted by atomic mass is 9.93. The highest BCUT2D eigenvalue weighted by Gasteiger charge is 2.19. The van der Waals surface area contributed by atoms with E-state index in [-0.39, 0.29) is 5.91 Å². The molecule has 1 amide bonds. The molecule has 5 heteroatoms. The number of nitrogens with one attached hydrogen (secondary N) is 1. The van der Waals surface area contributed by atoms with Crippen molar-refractivity contribution in [2.24, 2.45) is 0 Å². The Hall–Kier alpha value is -3.08. The summed E-state index contributed by atoms with van der Waals surface area (Å²) in [7, 11) is 1.65. The van der Waals surface area contributed by atoms with Gasteiger partial charge in [-0.2, -0.15) is 0 Å². The van der Waals surface area contributed by atoms with Crippen LogP contribution in [0.2, 0.25) is 0 Å². The monoisotopic (exact) mass is 392 g/mol. The first-order valence-electron chi connectivity index (χ1n) is 10.0. The minimum absolute atomic E-state index is 0.123. The van der Waals surface area contributed by atoms with Crippen LogP contribution in [-0.4, -0.2) is 24.5 Å². The van der Waals surface area contributed by atoms with E-state index in [2.05, 4.69) is 36.3 Å². The summed E-state index contributed by atoms with van der Waals surface area (Å²) in [6.07, 6.45) is 5.82. The van der Waals surface area contributed by atoms with E-state index in [1.54, 1.807) is 13.3 Å². The number of aromatic nitrogens is 1. The Labute approximate surface area is 172 Å². The SMILES string of the molecule is CCCCOc1c(C(=O)NC)cc(Cc2ccc(-c3cocn3)cc2)c(C)c1C. The molecule has 0 aliphatic carbocycles. The van der Waals surface area contributed by atoms with Gasteiger partial charge < -0.3 is 14.5 Å². The maximum absolute atomic E-state index is 12.5. The van der Waals surface area contributed by atoms with Gasteiger partial charge in [0.15, 0.2) is 6.39 Å². The van der Waals surface area contributed by atoms with Gasteiger partial charge in [0.1, 0.15) is 17.7 Å². The number of hydrogen-bond donors (Lipinski definition) is 1. The molecule has 3 rings (SSSR count). The van der Waals surface area contributed by atoms with E-state index in [1.165, 1.54) is 12.0 Å². The van der Waals surface area contributed by atoms with E-state index in [9.17, 15) is 4.79 Å². The van der Waals surface area contributed by atoms with Crippen LogP contribution < -0.4 is 10.1 Å². The lowest BCUT2D eigenvalue weighted by Crippen LogP contribution is -2.20. The van der Waals surface area contributed by atoms with Gasteiger partial charge in [-0.15, -0.1) is 0 Å². The van der Waals surface area contributed by atoms with Gasteiger partial charge in [-0.05, 0) is 55.0 Å². The van der Waals surface area contributed by atoms with E-state index >= 15 is 0 Å². The number of unbranched alkanes of at least 4 members (excludes halogenated alkanes) is 1. The standard InChI is InChI=1S/C24H28N2O3/c1-5-6-11-29-23-17(3)16(2)20(13-21(23)24(27)25-4)12-18-7-9-19(10-8-18)22-14-28-15-26-22/h7-10,13-15H,5-6,11-12H2,1-4H3,(H,25,27). The Morgan fingerprint density at radius 3 is 2.55 bits per heavy atom. The molecule has 0 saturated carbocycles. The van der Waals surface area contributed by atoms with Crippen LogP contribution in [0.5, 0.6) is 5.75 Å². The average Bonchev–Trinajstić information content (AvgIpc) is 3.28. The van der Waals surface area contributed by atoms with Gasteiger partial charge in [-0.1, -0.05) is 37.6 Å². The molecule has 3 aromatic rings. The molecule has 0 saturated heterocycles. The molecule has 1 N–H and O–H groups in total. The van der Waals surface area contributed by atoms with E-state index in [0.717, 1.165) is 47.2 Å². The van der Waals surface area contributed by atoms with Crippen LogP contribution in [0, 0.1) is 13.8 Å². The zero-order valence-corrected chi connectivity index (χ0v) is 17.5. The average molecular weight is 392 g/mol. The van der Waals surface area contributed by atoms with Gasteiger partial charge in [0.2, 0.25) is 0 Å². The molecule has 152 valence electrons. The number of carbonyl (C=O) groups is 1. The second kappa shape index (κ2) is 9.41. The minimum Gasteiger partial charge on any atom is -0.492 e. The molecule has 29 heavy (non-hydrogen) atoms. The van der Waals surface area contributed by atoms with Crippen LogP contribution in [0.15, 0.2) is 47.4 Å². The van der Waals surface area contributed by atoms with Crippen LogP contribution >= 0.6 is 0 Å². The first-order valence-corrected chi connectivity index (χ1v) is 10.0. The Morgan fingerprint density at radius 2 is 1.93 bits per heavy atom. The van der Waals surface area contributed by atoms with Crippen LogP contribution in [0.4, 0.5) is 0 Å². The molecule has 0 fully saturated rings. The number of carbonyl (C=O) groups excluding carboxylic acids is 1. The van der Waals surface area contributed by atoms with Crippen LogP contribution in [0.1, 0.15) is 52.4 Å². The second-order valence-electron chi connectivity index (χ2n) is 7.19. The van der Waals surface area contributed by atoms with Crippen molar-refractivity contribution in [2.75, 3.05) is 13.7 Å². The van der Waals surface area contributed by atoms with E-state index in [0.29, 0.717) is 17.9 Å². The van der Waals surface area contributed by atoms with Crippen LogP contribution in [0.3, 0.4) is 0 Å². The van der Waals surface area contributed by atoms with Gasteiger partial charge in [0, 0.05) is 12.6 Å². The number of hydrogen-bond acceptors (Lipinski definition) is 4. The largest absolute Gasteiger partial charge is 0.492 e. The molecule has 1 aromatic heterocycles. The number of amides is 1. The highest BCUT2D eigenvalue weighted by Crippen LogP contribution is 2.31. The first kappa shape index (κ1) is 20.6. The fourth-order valence-corrected chi connectivity index (χ4v) is 3.32. The molecular formula is C24H28N2O3. The maximum Gasteiger partial charge on any atom is 0.254 e. The Morgan fingerprint density at radius 1 is 1.17 bits per heavy atom. The number of benzene rings is 2. The second-order valence-corrected chi connectivity index (χ2v) is 7.19. The van der Waals surface area contributed by atoms with Gasteiger partial charge in [-0.3, -0.25) is 4.79 Å². The van der Waals surface area contributed by atoms with Crippen molar-refractivity contribution in [1.29, 1.82) is 0 Å². The third kappa shape index (κ3) is 4.67. The van der Waals surface area contributed by atoms with Gasteiger partial charge in [0.05, 0.1) is 12.2 Å². The summed E-state index contributed by atoms with van der Waals surface area (Å²) in [6.45, 7) is 6.86. The molecule has 5 nitrogen and oxygen atoms in total. The third-order valence-electron chi connectivity index (χ3n) is 5.24. The Kier molecular flexibility index (Phi) is 6.70. The fraction of sp³-hybridized carbons (Fsp3) is 0.333. The molecule has 0 aliphatic rings. The number of oxazole rings is 1. The summed E-state index contributed by atoms with van der Waals surface area (Å²) in [5.41, 5.74) is 6.91. The van der Waals surface area contributed by atoms with Gasteiger partial charge >= 0.3 is 0 Å². The lowest BCUT2D eigenvalue weighted by Gasteiger charge is -2.19. The van der Waals surface area contributed by atoms with Crippen molar-refractivity contribution in [1.82, 2.24) is 10.3 Å². The van der Waals surface area contributed by atoms with Gasteiger partial charge in [0.25, 0.3) is 5.91 Å². The van der Waals surface area contributed by atoms with Crippen molar-refractivity contribution in [3.8, 4) is 17.0 Å². The molecular weight excluding hydrogens is 364 g/mol. The number of nitrogens with zero attached hydrogens (tertiary/aromatic N) is 1. The molecule has 2 aromatic carbocycles. The normalized spacial score (nSPS) is 10.8. The summed E-state index contributed by atoms with van der Waals surface area (Å²) >= 11 is 0. The van der Waals surface area contributed by atoms with E-state index < -0.39 is 0 Å². The highest BCUT2D eigenvalue weighted by atomic mass is 16.5. The molecule has 0 spiro atoms. The summed E-state index contributed by atoms with van der Waals surface area (Å²) in [5.74, 6) is 0.572. The quantitative estimate of drug-likeness (QED) is 0.543. The molecule has 0 atom stereocenters. The number of ether oxygens (including phenoxy) is 1. The molecule has 1 heterocycles. The topological polar surface area (TPSA) is 64.4 Å². The summed E-state index contributed by atoms with van der Waals surface area (Å²) in [5, 5.41) is 2.74. The van der Waals surface area contributed by atoms with Crippen molar-refractivity contribution in [3.63, 3.8) is 0 Å². The smallest absolute Gasteiger partial charge is 0.254 e. The van der Waals surface area contributed by atoms with E-state index in [4.69, 9.17) is 9.15 Å².